The Hall–Kier alpha value is -2.83. The van der Waals surface area contributed by atoms with E-state index in [0.29, 0.717) is 13.1 Å². The van der Waals surface area contributed by atoms with Crippen LogP contribution in [0.5, 0.6) is 0 Å². The van der Waals surface area contributed by atoms with E-state index in [1.165, 1.54) is 4.57 Å². The van der Waals surface area contributed by atoms with Gasteiger partial charge in [0.05, 0.1) is 5.69 Å². The fraction of sp³-hybridized carbons (Fsp3) is 0.476. The highest BCUT2D eigenvalue weighted by Crippen LogP contribution is 2.20. The van der Waals surface area contributed by atoms with E-state index in [4.69, 9.17) is 4.74 Å². The standard InChI is InChI=1S/C21H28N4O3/c1-21(2,3)28-20(27)24-12-10-17(11-13-24)23(4)19(26)25-14-18(22-15-25)16-8-6-5-7-9-16/h5-9,14-15,17H,10-13H2,1-4H3. The zero-order chi connectivity index (χ0) is 20.3. The van der Waals surface area contributed by atoms with Gasteiger partial charge >= 0.3 is 12.1 Å². The number of piperidine rings is 1. The van der Waals surface area contributed by atoms with E-state index < -0.39 is 5.60 Å². The van der Waals surface area contributed by atoms with Gasteiger partial charge in [-0.15, -0.1) is 0 Å². The number of aromatic nitrogens is 2. The number of benzene rings is 1. The second-order valence-corrected chi connectivity index (χ2v) is 8.12. The Kier molecular flexibility index (Phi) is 5.72. The Morgan fingerprint density at radius 3 is 2.39 bits per heavy atom. The zero-order valence-corrected chi connectivity index (χ0v) is 17.0. The van der Waals surface area contributed by atoms with E-state index in [1.54, 1.807) is 29.4 Å². The number of hydrogen-bond acceptors (Lipinski definition) is 4. The molecule has 7 heteroatoms. The Morgan fingerprint density at radius 1 is 1.14 bits per heavy atom. The van der Waals surface area contributed by atoms with Crippen LogP contribution in [0, 0.1) is 0 Å². The molecule has 2 amide bonds. The zero-order valence-electron chi connectivity index (χ0n) is 17.0. The van der Waals surface area contributed by atoms with Crippen molar-refractivity contribution in [1.29, 1.82) is 0 Å². The van der Waals surface area contributed by atoms with Gasteiger partial charge in [0, 0.05) is 37.9 Å². The summed E-state index contributed by atoms with van der Waals surface area (Å²) in [4.78, 5) is 32.8. The van der Waals surface area contributed by atoms with Crippen molar-refractivity contribution < 1.29 is 14.3 Å². The summed E-state index contributed by atoms with van der Waals surface area (Å²) in [5.74, 6) is 0. The number of nitrogens with zero attached hydrogens (tertiary/aromatic N) is 4. The molecule has 150 valence electrons. The predicted octanol–water partition coefficient (Wildman–Crippen LogP) is 3.85. The molecule has 28 heavy (non-hydrogen) atoms. The van der Waals surface area contributed by atoms with Gasteiger partial charge in [0.15, 0.2) is 0 Å². The molecule has 0 spiro atoms. The van der Waals surface area contributed by atoms with Crippen LogP contribution in [0.15, 0.2) is 42.9 Å². The first-order chi connectivity index (χ1) is 13.2. The van der Waals surface area contributed by atoms with Crippen molar-refractivity contribution in [3.63, 3.8) is 0 Å². The number of ether oxygens (including phenoxy) is 1. The molecule has 0 unspecified atom stereocenters. The summed E-state index contributed by atoms with van der Waals surface area (Å²) < 4.78 is 6.94. The molecule has 2 aromatic rings. The monoisotopic (exact) mass is 384 g/mol. The second-order valence-electron chi connectivity index (χ2n) is 8.12. The minimum absolute atomic E-state index is 0.0776. The van der Waals surface area contributed by atoms with E-state index in [1.807, 2.05) is 51.1 Å². The third-order valence-corrected chi connectivity index (χ3v) is 4.84. The summed E-state index contributed by atoms with van der Waals surface area (Å²) in [7, 11) is 1.80. The molecule has 1 aromatic heterocycles. The molecule has 0 bridgehead atoms. The molecule has 1 fully saturated rings. The third-order valence-electron chi connectivity index (χ3n) is 4.84. The van der Waals surface area contributed by atoms with Gasteiger partial charge < -0.3 is 14.5 Å². The fourth-order valence-electron chi connectivity index (χ4n) is 3.29. The lowest BCUT2D eigenvalue weighted by molar-refractivity contribution is 0.0172. The molecule has 3 rings (SSSR count). The SMILES string of the molecule is CN(C(=O)n1cnc(-c2ccccc2)c1)C1CCN(C(=O)OC(C)(C)C)CC1. The molecule has 1 saturated heterocycles. The minimum Gasteiger partial charge on any atom is -0.444 e. The maximum absolute atomic E-state index is 12.8. The summed E-state index contributed by atoms with van der Waals surface area (Å²) in [6, 6.07) is 9.73. The number of imidazole rings is 1. The van der Waals surface area contributed by atoms with Gasteiger partial charge in [-0.2, -0.15) is 0 Å². The van der Waals surface area contributed by atoms with Crippen molar-refractivity contribution in [2.24, 2.45) is 0 Å². The van der Waals surface area contributed by atoms with Crippen LogP contribution in [0.4, 0.5) is 9.59 Å². The van der Waals surface area contributed by atoms with Crippen LogP contribution in [0.1, 0.15) is 33.6 Å². The number of amides is 2. The summed E-state index contributed by atoms with van der Waals surface area (Å²) >= 11 is 0. The van der Waals surface area contributed by atoms with Crippen LogP contribution in [-0.2, 0) is 4.74 Å². The summed E-state index contributed by atoms with van der Waals surface area (Å²) in [6.07, 6.45) is 4.46. The fourth-order valence-corrected chi connectivity index (χ4v) is 3.29. The van der Waals surface area contributed by atoms with Crippen molar-refractivity contribution in [3.05, 3.63) is 42.9 Å². The number of hydrogen-bond donors (Lipinski definition) is 0. The average Bonchev–Trinajstić information content (AvgIpc) is 3.16. The molecule has 0 saturated carbocycles. The first kappa shape index (κ1) is 19.9. The predicted molar refractivity (Wildman–Crippen MR) is 107 cm³/mol. The molecule has 7 nitrogen and oxygen atoms in total. The number of likely N-dealkylation sites (tertiary alicyclic amines) is 1. The molecule has 1 aromatic carbocycles. The van der Waals surface area contributed by atoms with Gasteiger partial charge in [-0.25, -0.2) is 14.6 Å². The van der Waals surface area contributed by atoms with E-state index in [-0.39, 0.29) is 18.2 Å². The number of carbonyl (C=O) groups excluding carboxylic acids is 2. The number of rotatable bonds is 2. The first-order valence-electron chi connectivity index (χ1n) is 9.59. The molecule has 1 aliphatic rings. The van der Waals surface area contributed by atoms with Crippen LogP contribution in [0.25, 0.3) is 11.3 Å². The quantitative estimate of drug-likeness (QED) is 0.789. The van der Waals surface area contributed by atoms with Crippen LogP contribution >= 0.6 is 0 Å². The van der Waals surface area contributed by atoms with Crippen LogP contribution in [-0.4, -0.2) is 63.3 Å². The maximum Gasteiger partial charge on any atom is 0.410 e. The van der Waals surface area contributed by atoms with Gasteiger partial charge in [0.25, 0.3) is 0 Å². The first-order valence-corrected chi connectivity index (χ1v) is 9.59. The Balaban J connectivity index is 1.58. The number of carbonyl (C=O) groups is 2. The van der Waals surface area contributed by atoms with Crippen molar-refractivity contribution in [3.8, 4) is 11.3 Å². The smallest absolute Gasteiger partial charge is 0.410 e. The highest BCUT2D eigenvalue weighted by molar-refractivity contribution is 5.78. The van der Waals surface area contributed by atoms with Crippen molar-refractivity contribution >= 4 is 12.1 Å². The maximum atomic E-state index is 12.8. The van der Waals surface area contributed by atoms with Crippen molar-refractivity contribution in [1.82, 2.24) is 19.4 Å². The normalized spacial score (nSPS) is 15.4. The van der Waals surface area contributed by atoms with E-state index in [9.17, 15) is 9.59 Å². The largest absolute Gasteiger partial charge is 0.444 e. The third kappa shape index (κ3) is 4.71. The Bertz CT molecular complexity index is 818. The van der Waals surface area contributed by atoms with Crippen molar-refractivity contribution in [2.75, 3.05) is 20.1 Å². The second kappa shape index (κ2) is 8.04. The lowest BCUT2D eigenvalue weighted by atomic mass is 10.0. The van der Waals surface area contributed by atoms with Crippen molar-refractivity contribution in [2.45, 2.75) is 45.3 Å². The lowest BCUT2D eigenvalue weighted by Gasteiger charge is -2.37. The molecular formula is C21H28N4O3. The van der Waals surface area contributed by atoms with Gasteiger partial charge in [-0.3, -0.25) is 4.57 Å². The molecule has 1 aliphatic heterocycles. The molecule has 0 aliphatic carbocycles. The van der Waals surface area contributed by atoms with Crippen LogP contribution < -0.4 is 0 Å². The van der Waals surface area contributed by atoms with Gasteiger partial charge in [0.2, 0.25) is 0 Å². The highest BCUT2D eigenvalue weighted by atomic mass is 16.6. The molecule has 0 N–H and O–H groups in total. The summed E-state index contributed by atoms with van der Waals surface area (Å²) in [5.41, 5.74) is 1.24. The van der Waals surface area contributed by atoms with Gasteiger partial charge in [-0.05, 0) is 33.6 Å². The van der Waals surface area contributed by atoms with Crippen LogP contribution in [0.3, 0.4) is 0 Å². The lowest BCUT2D eigenvalue weighted by Crippen LogP contribution is -2.49. The molecular weight excluding hydrogens is 356 g/mol. The van der Waals surface area contributed by atoms with E-state index in [0.717, 1.165) is 24.1 Å². The average molecular weight is 384 g/mol. The van der Waals surface area contributed by atoms with Crippen LogP contribution in [0.2, 0.25) is 0 Å². The highest BCUT2D eigenvalue weighted by Gasteiger charge is 2.30. The van der Waals surface area contributed by atoms with E-state index in [2.05, 4.69) is 4.98 Å². The topological polar surface area (TPSA) is 67.7 Å². The summed E-state index contributed by atoms with van der Waals surface area (Å²) in [6.45, 7) is 6.74. The summed E-state index contributed by atoms with van der Waals surface area (Å²) in [5, 5.41) is 0. The molecule has 0 atom stereocenters. The molecule has 0 radical (unpaired) electrons. The Morgan fingerprint density at radius 2 is 1.79 bits per heavy atom. The van der Waals surface area contributed by atoms with Gasteiger partial charge in [-0.1, -0.05) is 30.3 Å². The Labute approximate surface area is 165 Å². The van der Waals surface area contributed by atoms with E-state index >= 15 is 0 Å². The molecule has 2 heterocycles. The minimum atomic E-state index is -0.501. The van der Waals surface area contributed by atoms with Gasteiger partial charge in [0.1, 0.15) is 11.9 Å².